The molecule has 0 saturated heterocycles. The number of aryl methyl sites for hydroxylation is 1. The van der Waals surface area contributed by atoms with E-state index in [4.69, 9.17) is 5.11 Å². The number of anilines is 1. The second-order valence-corrected chi connectivity index (χ2v) is 4.74. The Balaban J connectivity index is 2.39. The lowest BCUT2D eigenvalue weighted by Crippen LogP contribution is -2.24. The molecular weight excluding hydrogens is 298 g/mol. The first-order chi connectivity index (χ1) is 8.49. The summed E-state index contributed by atoms with van der Waals surface area (Å²) in [5, 5.41) is 13.2. The van der Waals surface area contributed by atoms with Gasteiger partial charge in [-0.15, -0.1) is 0 Å². The molecule has 94 valence electrons. The molecular formula is C12H12BrN3O2. The van der Waals surface area contributed by atoms with Gasteiger partial charge in [0, 0.05) is 30.3 Å². The molecule has 0 spiro atoms. The molecule has 0 aliphatic heterocycles. The zero-order valence-electron chi connectivity index (χ0n) is 9.96. The van der Waals surface area contributed by atoms with E-state index in [2.05, 4.69) is 21.0 Å². The van der Waals surface area contributed by atoms with Gasteiger partial charge in [-0.2, -0.15) is 5.10 Å². The molecule has 1 amide bonds. The van der Waals surface area contributed by atoms with Gasteiger partial charge in [0.2, 0.25) is 0 Å². The third-order valence-electron chi connectivity index (χ3n) is 2.61. The molecule has 6 heteroatoms. The topological polar surface area (TPSA) is 58.4 Å². The summed E-state index contributed by atoms with van der Waals surface area (Å²) in [6.45, 7) is 0. The fourth-order valence-electron chi connectivity index (χ4n) is 1.61. The van der Waals surface area contributed by atoms with Crippen LogP contribution in [0.2, 0.25) is 0 Å². The molecule has 0 saturated carbocycles. The Labute approximate surface area is 113 Å². The Morgan fingerprint density at radius 1 is 1.44 bits per heavy atom. The van der Waals surface area contributed by atoms with E-state index in [0.717, 1.165) is 20.6 Å². The van der Waals surface area contributed by atoms with Gasteiger partial charge in [0.1, 0.15) is 0 Å². The van der Waals surface area contributed by atoms with Gasteiger partial charge >= 0.3 is 6.09 Å². The van der Waals surface area contributed by atoms with Gasteiger partial charge in [0.25, 0.3) is 0 Å². The molecule has 1 N–H and O–H groups in total. The second-order valence-electron chi connectivity index (χ2n) is 3.88. The third-order valence-corrected chi connectivity index (χ3v) is 3.24. The minimum absolute atomic E-state index is 0.599. The van der Waals surface area contributed by atoms with Crippen molar-refractivity contribution >= 4 is 27.7 Å². The Hall–Kier alpha value is -1.82. The number of amides is 1. The van der Waals surface area contributed by atoms with Crippen molar-refractivity contribution in [3.63, 3.8) is 0 Å². The Kier molecular flexibility index (Phi) is 3.38. The van der Waals surface area contributed by atoms with E-state index >= 15 is 0 Å². The number of carbonyl (C=O) groups is 1. The van der Waals surface area contributed by atoms with Crippen LogP contribution in [-0.4, -0.2) is 28.0 Å². The number of benzene rings is 1. The predicted molar refractivity (Wildman–Crippen MR) is 72.8 cm³/mol. The van der Waals surface area contributed by atoms with Crippen molar-refractivity contribution in [1.82, 2.24) is 9.78 Å². The van der Waals surface area contributed by atoms with Crippen LogP contribution in [0.3, 0.4) is 0 Å². The maximum Gasteiger partial charge on any atom is 0.411 e. The Morgan fingerprint density at radius 2 is 2.17 bits per heavy atom. The van der Waals surface area contributed by atoms with Crippen LogP contribution in [0, 0.1) is 0 Å². The minimum Gasteiger partial charge on any atom is -0.465 e. The Morgan fingerprint density at radius 3 is 2.67 bits per heavy atom. The molecule has 2 rings (SSSR count). The van der Waals surface area contributed by atoms with Crippen LogP contribution in [0.1, 0.15) is 0 Å². The molecule has 1 aromatic heterocycles. The first-order valence-corrected chi connectivity index (χ1v) is 6.04. The van der Waals surface area contributed by atoms with Gasteiger partial charge in [-0.1, -0.05) is 6.07 Å². The highest BCUT2D eigenvalue weighted by molar-refractivity contribution is 9.10. The van der Waals surface area contributed by atoms with Crippen LogP contribution in [0.4, 0.5) is 10.5 Å². The monoisotopic (exact) mass is 309 g/mol. The molecule has 0 fully saturated rings. The first kappa shape index (κ1) is 12.6. The minimum atomic E-state index is -0.999. The van der Waals surface area contributed by atoms with Crippen LogP contribution in [-0.2, 0) is 7.05 Å². The van der Waals surface area contributed by atoms with Crippen molar-refractivity contribution in [3.8, 4) is 11.3 Å². The summed E-state index contributed by atoms with van der Waals surface area (Å²) in [6, 6.07) is 7.36. The number of nitrogens with zero attached hydrogens (tertiary/aromatic N) is 3. The second kappa shape index (κ2) is 4.81. The number of aromatic nitrogens is 2. The fraction of sp³-hybridized carbons (Fsp3) is 0.167. The lowest BCUT2D eigenvalue weighted by atomic mass is 10.1. The largest absolute Gasteiger partial charge is 0.465 e. The van der Waals surface area contributed by atoms with Gasteiger partial charge in [-0.25, -0.2) is 4.79 Å². The Bertz CT molecular complexity index is 595. The number of carboxylic acid groups (broad SMARTS) is 1. The summed E-state index contributed by atoms with van der Waals surface area (Å²) in [4.78, 5) is 12.1. The highest BCUT2D eigenvalue weighted by Gasteiger charge is 2.13. The summed E-state index contributed by atoms with van der Waals surface area (Å²) < 4.78 is 2.44. The van der Waals surface area contributed by atoms with Crippen LogP contribution in [0.15, 0.2) is 34.9 Å². The number of hydrogen-bond acceptors (Lipinski definition) is 2. The summed E-state index contributed by atoms with van der Waals surface area (Å²) in [6.07, 6.45) is 0.863. The van der Waals surface area contributed by atoms with Crippen molar-refractivity contribution in [2.45, 2.75) is 0 Å². The van der Waals surface area contributed by atoms with E-state index in [0.29, 0.717) is 5.69 Å². The van der Waals surface area contributed by atoms with E-state index in [9.17, 15) is 4.79 Å². The van der Waals surface area contributed by atoms with Crippen LogP contribution < -0.4 is 4.90 Å². The van der Waals surface area contributed by atoms with Crippen molar-refractivity contribution in [1.29, 1.82) is 0 Å². The molecule has 0 radical (unpaired) electrons. The maximum absolute atomic E-state index is 10.9. The van der Waals surface area contributed by atoms with Gasteiger partial charge in [-0.3, -0.25) is 9.58 Å². The van der Waals surface area contributed by atoms with Crippen molar-refractivity contribution in [2.24, 2.45) is 7.05 Å². The quantitative estimate of drug-likeness (QED) is 0.928. The smallest absolute Gasteiger partial charge is 0.411 e. The zero-order valence-corrected chi connectivity index (χ0v) is 11.5. The number of halogens is 1. The lowest BCUT2D eigenvalue weighted by molar-refractivity contribution is 0.203. The molecule has 0 aliphatic rings. The van der Waals surface area contributed by atoms with E-state index in [1.165, 1.54) is 7.05 Å². The van der Waals surface area contributed by atoms with Gasteiger partial charge < -0.3 is 5.11 Å². The van der Waals surface area contributed by atoms with Gasteiger partial charge in [-0.05, 0) is 34.1 Å². The molecule has 18 heavy (non-hydrogen) atoms. The van der Waals surface area contributed by atoms with Crippen molar-refractivity contribution in [3.05, 3.63) is 34.9 Å². The molecule has 5 nitrogen and oxygen atoms in total. The van der Waals surface area contributed by atoms with Gasteiger partial charge in [0.15, 0.2) is 0 Å². The maximum atomic E-state index is 10.9. The third kappa shape index (κ3) is 2.38. The van der Waals surface area contributed by atoms with Crippen molar-refractivity contribution < 1.29 is 9.90 Å². The normalized spacial score (nSPS) is 10.4. The fourth-order valence-corrected chi connectivity index (χ4v) is 2.26. The summed E-state index contributed by atoms with van der Waals surface area (Å²) >= 11 is 3.38. The highest BCUT2D eigenvalue weighted by Crippen LogP contribution is 2.30. The highest BCUT2D eigenvalue weighted by atomic mass is 79.9. The number of hydrogen-bond donors (Lipinski definition) is 1. The molecule has 0 bridgehead atoms. The molecule has 0 unspecified atom stereocenters. The average molecular weight is 310 g/mol. The zero-order chi connectivity index (χ0) is 13.3. The first-order valence-electron chi connectivity index (χ1n) is 5.25. The summed E-state index contributed by atoms with van der Waals surface area (Å²) in [5.41, 5.74) is 2.38. The SMILES string of the molecule is CN(C(=O)O)c1ccc(-c2ccn(C)n2)cc1Br. The predicted octanol–water partition coefficient (Wildman–Crippen LogP) is 2.96. The molecule has 2 aromatic rings. The molecule has 0 atom stereocenters. The van der Waals surface area contributed by atoms with Crippen LogP contribution in [0.25, 0.3) is 11.3 Å². The standard InChI is InChI=1S/C12H12BrN3O2/c1-15-6-5-10(14-15)8-3-4-11(9(13)7-8)16(2)12(17)18/h3-7H,1-2H3,(H,17,18). The lowest BCUT2D eigenvalue weighted by Gasteiger charge is -2.15. The summed E-state index contributed by atoms with van der Waals surface area (Å²) in [7, 11) is 3.36. The van der Waals surface area contributed by atoms with Crippen LogP contribution in [0.5, 0.6) is 0 Å². The van der Waals surface area contributed by atoms with Crippen LogP contribution >= 0.6 is 15.9 Å². The average Bonchev–Trinajstić information content (AvgIpc) is 2.74. The molecule has 0 aliphatic carbocycles. The molecule has 1 aromatic carbocycles. The van der Waals surface area contributed by atoms with Gasteiger partial charge in [0.05, 0.1) is 11.4 Å². The van der Waals surface area contributed by atoms with Crippen molar-refractivity contribution in [2.75, 3.05) is 11.9 Å². The summed E-state index contributed by atoms with van der Waals surface area (Å²) in [5.74, 6) is 0. The van der Waals surface area contributed by atoms with E-state index in [1.54, 1.807) is 10.7 Å². The van der Waals surface area contributed by atoms with E-state index < -0.39 is 6.09 Å². The number of rotatable bonds is 2. The van der Waals surface area contributed by atoms with E-state index in [1.807, 2.05) is 31.4 Å². The molecule has 1 heterocycles. The van der Waals surface area contributed by atoms with E-state index in [-0.39, 0.29) is 0 Å².